The van der Waals surface area contributed by atoms with Crippen LogP contribution in [0.5, 0.6) is 0 Å². The van der Waals surface area contributed by atoms with E-state index in [0.717, 1.165) is 65.4 Å². The molecule has 1 amide bonds. The van der Waals surface area contributed by atoms with E-state index >= 15 is 0 Å². The van der Waals surface area contributed by atoms with Crippen molar-refractivity contribution in [2.75, 3.05) is 28.6 Å². The number of rotatable bonds is 3. The highest BCUT2D eigenvalue weighted by molar-refractivity contribution is 6.00. The topological polar surface area (TPSA) is 82.4 Å². The summed E-state index contributed by atoms with van der Waals surface area (Å²) in [4.78, 5) is 19.8. The Labute approximate surface area is 174 Å². The Morgan fingerprint density at radius 2 is 1.90 bits per heavy atom. The van der Waals surface area contributed by atoms with Crippen molar-refractivity contribution in [3.05, 3.63) is 36.4 Å². The van der Waals surface area contributed by atoms with E-state index < -0.39 is 0 Å². The summed E-state index contributed by atoms with van der Waals surface area (Å²) in [6.07, 6.45) is 3.82. The number of anilines is 3. The van der Waals surface area contributed by atoms with Crippen LogP contribution < -0.4 is 15.5 Å². The number of benzene rings is 2. The third kappa shape index (κ3) is 3.10. The van der Waals surface area contributed by atoms with Gasteiger partial charge in [-0.25, -0.2) is 4.98 Å². The average Bonchev–Trinajstić information content (AvgIpc) is 3.51. The Kier molecular flexibility index (Phi) is 3.99. The molecule has 6 rings (SSSR count). The molecule has 1 aromatic heterocycles. The molecule has 154 valence electrons. The normalized spacial score (nSPS) is 19.2. The fourth-order valence-electron chi connectivity index (χ4n) is 4.53. The van der Waals surface area contributed by atoms with Crippen molar-refractivity contribution < 1.29 is 9.90 Å². The van der Waals surface area contributed by atoms with E-state index in [1.165, 1.54) is 12.8 Å². The summed E-state index contributed by atoms with van der Waals surface area (Å²) < 4.78 is 2.02. The predicted molar refractivity (Wildman–Crippen MR) is 118 cm³/mol. The largest absolute Gasteiger partial charge is 0.393 e. The molecular formula is C23H25N5O2. The van der Waals surface area contributed by atoms with Crippen LogP contribution in [-0.2, 0) is 11.3 Å². The van der Waals surface area contributed by atoms with Crippen LogP contribution in [0, 0.1) is 0 Å². The van der Waals surface area contributed by atoms with E-state index in [-0.39, 0.29) is 18.6 Å². The number of aromatic nitrogens is 2. The molecule has 0 bridgehead atoms. The van der Waals surface area contributed by atoms with Crippen molar-refractivity contribution in [1.29, 1.82) is 0 Å². The van der Waals surface area contributed by atoms with Crippen molar-refractivity contribution in [2.24, 2.45) is 0 Å². The fraction of sp³-hybridized carbons (Fsp3) is 0.391. The zero-order chi connectivity index (χ0) is 20.2. The molecule has 1 saturated heterocycles. The van der Waals surface area contributed by atoms with E-state index in [0.29, 0.717) is 6.04 Å². The lowest BCUT2D eigenvalue weighted by Crippen LogP contribution is -2.35. The van der Waals surface area contributed by atoms with Crippen LogP contribution in [-0.4, -0.2) is 45.8 Å². The molecule has 0 spiro atoms. The van der Waals surface area contributed by atoms with Crippen LogP contribution in [0.15, 0.2) is 36.4 Å². The second kappa shape index (κ2) is 6.74. The summed E-state index contributed by atoms with van der Waals surface area (Å²) in [5.74, 6) is 0.787. The van der Waals surface area contributed by atoms with Gasteiger partial charge in [0, 0.05) is 36.1 Å². The van der Waals surface area contributed by atoms with E-state index in [2.05, 4.69) is 39.8 Å². The molecule has 1 aliphatic carbocycles. The molecule has 0 atom stereocenters. The minimum absolute atomic E-state index is 0.0358. The highest BCUT2D eigenvalue weighted by Gasteiger charge is 2.25. The number of hydrogen-bond acceptors (Lipinski definition) is 5. The number of nitrogens with zero attached hydrogens (tertiary/aromatic N) is 3. The summed E-state index contributed by atoms with van der Waals surface area (Å²) in [5, 5.41) is 16.4. The molecule has 0 radical (unpaired) electrons. The summed E-state index contributed by atoms with van der Waals surface area (Å²) >= 11 is 0. The summed E-state index contributed by atoms with van der Waals surface area (Å²) in [7, 11) is 0. The molecule has 3 aromatic rings. The van der Waals surface area contributed by atoms with Gasteiger partial charge in [0.2, 0.25) is 5.91 Å². The quantitative estimate of drug-likeness (QED) is 0.626. The second-order valence-corrected chi connectivity index (χ2v) is 8.64. The van der Waals surface area contributed by atoms with Gasteiger partial charge in [-0.2, -0.15) is 0 Å². The standard InChI is InChI=1S/C23H25N5O2/c29-17-7-9-27(10-8-17)16-4-6-21-20(12-16)26-23-18-11-15(24-14-1-2-14)3-5-19(18)25-22(30)13-28(21)23/h3-6,11-12,14,17,24,29H,1-2,7-10,13H2,(H,25,30). The third-order valence-electron chi connectivity index (χ3n) is 6.35. The Morgan fingerprint density at radius 1 is 1.07 bits per heavy atom. The number of hydrogen-bond donors (Lipinski definition) is 3. The van der Waals surface area contributed by atoms with Crippen molar-refractivity contribution in [1.82, 2.24) is 9.55 Å². The van der Waals surface area contributed by atoms with Gasteiger partial charge in [-0.3, -0.25) is 4.79 Å². The van der Waals surface area contributed by atoms with Gasteiger partial charge in [-0.1, -0.05) is 0 Å². The maximum absolute atomic E-state index is 12.6. The fourth-order valence-corrected chi connectivity index (χ4v) is 4.53. The van der Waals surface area contributed by atoms with E-state index in [4.69, 9.17) is 4.98 Å². The van der Waals surface area contributed by atoms with Crippen molar-refractivity contribution >= 4 is 34.0 Å². The minimum Gasteiger partial charge on any atom is -0.393 e. The first-order valence-corrected chi connectivity index (χ1v) is 10.8. The van der Waals surface area contributed by atoms with Gasteiger partial charge in [0.25, 0.3) is 0 Å². The predicted octanol–water partition coefficient (Wildman–Crippen LogP) is 3.19. The van der Waals surface area contributed by atoms with Crippen LogP contribution in [0.25, 0.3) is 22.4 Å². The van der Waals surface area contributed by atoms with Crippen LogP contribution >= 0.6 is 0 Å². The number of nitrogens with one attached hydrogen (secondary N) is 2. The molecular weight excluding hydrogens is 378 g/mol. The van der Waals surface area contributed by atoms with E-state index in [9.17, 15) is 9.90 Å². The van der Waals surface area contributed by atoms with Gasteiger partial charge in [0.05, 0.1) is 22.8 Å². The molecule has 30 heavy (non-hydrogen) atoms. The van der Waals surface area contributed by atoms with Gasteiger partial charge in [-0.15, -0.1) is 0 Å². The Balaban J connectivity index is 1.43. The molecule has 3 N–H and O–H groups in total. The van der Waals surface area contributed by atoms with Gasteiger partial charge >= 0.3 is 0 Å². The lowest BCUT2D eigenvalue weighted by molar-refractivity contribution is -0.116. The highest BCUT2D eigenvalue weighted by atomic mass is 16.3. The average molecular weight is 403 g/mol. The van der Waals surface area contributed by atoms with Crippen LogP contribution in [0.2, 0.25) is 0 Å². The van der Waals surface area contributed by atoms with Crippen molar-refractivity contribution in [3.63, 3.8) is 0 Å². The highest BCUT2D eigenvalue weighted by Crippen LogP contribution is 2.37. The first-order chi connectivity index (χ1) is 14.6. The number of carbonyl (C=O) groups excluding carboxylic acids is 1. The van der Waals surface area contributed by atoms with Gasteiger partial charge in [0.1, 0.15) is 12.4 Å². The summed E-state index contributed by atoms with van der Waals surface area (Å²) in [5.41, 5.74) is 5.81. The number of imidazole rings is 1. The van der Waals surface area contributed by atoms with Gasteiger partial charge in [-0.05, 0) is 62.1 Å². The number of carbonyl (C=O) groups is 1. The van der Waals surface area contributed by atoms with Gasteiger partial charge in [0.15, 0.2) is 0 Å². The zero-order valence-corrected chi connectivity index (χ0v) is 16.8. The maximum Gasteiger partial charge on any atom is 0.244 e. The van der Waals surface area contributed by atoms with Crippen LogP contribution in [0.4, 0.5) is 17.1 Å². The molecule has 2 fully saturated rings. The molecule has 7 heteroatoms. The number of amides is 1. The molecule has 0 unspecified atom stereocenters. The summed E-state index contributed by atoms with van der Waals surface area (Å²) in [6, 6.07) is 12.9. The number of aliphatic hydroxyl groups excluding tert-OH is 1. The lowest BCUT2D eigenvalue weighted by atomic mass is 10.1. The monoisotopic (exact) mass is 403 g/mol. The number of piperidine rings is 1. The van der Waals surface area contributed by atoms with E-state index in [1.807, 2.05) is 16.7 Å². The van der Waals surface area contributed by atoms with E-state index in [1.54, 1.807) is 0 Å². The molecule has 2 aliphatic heterocycles. The first-order valence-electron chi connectivity index (χ1n) is 10.8. The Hall–Kier alpha value is -3.06. The molecule has 3 aliphatic rings. The molecule has 7 nitrogen and oxygen atoms in total. The maximum atomic E-state index is 12.6. The Bertz CT molecular complexity index is 1140. The zero-order valence-electron chi connectivity index (χ0n) is 16.8. The molecule has 2 aromatic carbocycles. The molecule has 3 heterocycles. The van der Waals surface area contributed by atoms with Gasteiger partial charge < -0.3 is 25.2 Å². The smallest absolute Gasteiger partial charge is 0.244 e. The third-order valence-corrected chi connectivity index (χ3v) is 6.35. The van der Waals surface area contributed by atoms with Crippen LogP contribution in [0.1, 0.15) is 25.7 Å². The number of aliphatic hydroxyl groups is 1. The van der Waals surface area contributed by atoms with Crippen LogP contribution in [0.3, 0.4) is 0 Å². The minimum atomic E-state index is -0.192. The Morgan fingerprint density at radius 3 is 2.70 bits per heavy atom. The summed E-state index contributed by atoms with van der Waals surface area (Å²) in [6.45, 7) is 1.95. The lowest BCUT2D eigenvalue weighted by Gasteiger charge is -2.31. The van der Waals surface area contributed by atoms with Crippen molar-refractivity contribution in [3.8, 4) is 11.4 Å². The second-order valence-electron chi connectivity index (χ2n) is 8.64. The van der Waals surface area contributed by atoms with Crippen molar-refractivity contribution in [2.45, 2.75) is 44.4 Å². The number of fused-ring (bicyclic) bond motifs is 5. The first kappa shape index (κ1) is 17.8. The molecule has 1 saturated carbocycles. The SMILES string of the molecule is O=C1Cn2c(nc3cc(N4CCC(O)CC4)ccc32)-c2cc(NC3CC3)ccc2N1.